The van der Waals surface area contributed by atoms with E-state index in [0.717, 1.165) is 24.0 Å². The van der Waals surface area contributed by atoms with Gasteiger partial charge in [-0.3, -0.25) is 0 Å². The third-order valence-corrected chi connectivity index (χ3v) is 4.37. The van der Waals surface area contributed by atoms with Crippen LogP contribution in [0, 0.1) is 11.8 Å². The Morgan fingerprint density at radius 1 is 0.783 bits per heavy atom. The van der Waals surface area contributed by atoms with Crippen molar-refractivity contribution < 1.29 is 20.1 Å². The van der Waals surface area contributed by atoms with E-state index in [1.807, 2.05) is 12.1 Å². The summed E-state index contributed by atoms with van der Waals surface area (Å²) in [5, 5.41) is 28.8. The first-order valence-corrected chi connectivity index (χ1v) is 7.77. The normalized spacial score (nSPS) is 13.5. The van der Waals surface area contributed by atoms with Crippen LogP contribution in [0.2, 0.25) is 0 Å². The summed E-state index contributed by atoms with van der Waals surface area (Å²) in [6.07, 6.45) is 1.67. The molecule has 2 aromatic carbocycles. The number of aromatic hydroxyl groups is 3. The van der Waals surface area contributed by atoms with E-state index in [-0.39, 0.29) is 17.2 Å². The minimum absolute atomic E-state index is 0.0811. The lowest BCUT2D eigenvalue weighted by Gasteiger charge is -2.20. The van der Waals surface area contributed by atoms with Crippen LogP contribution >= 0.6 is 0 Å². The van der Waals surface area contributed by atoms with Gasteiger partial charge in [0.25, 0.3) is 0 Å². The van der Waals surface area contributed by atoms with E-state index in [2.05, 4.69) is 13.8 Å². The number of hydrogen-bond acceptors (Lipinski definition) is 4. The molecule has 2 atom stereocenters. The molecule has 0 aromatic heterocycles. The molecular formula is C19H24O4. The summed E-state index contributed by atoms with van der Waals surface area (Å²) in [7, 11) is 1.53. The van der Waals surface area contributed by atoms with E-state index in [0.29, 0.717) is 17.6 Å². The number of ether oxygens (including phenoxy) is 1. The number of rotatable bonds is 6. The molecule has 124 valence electrons. The smallest absolute Gasteiger partial charge is 0.160 e. The molecule has 0 bridgehead atoms. The molecule has 2 aromatic rings. The van der Waals surface area contributed by atoms with Crippen LogP contribution in [-0.2, 0) is 12.8 Å². The Bertz CT molecular complexity index is 666. The Balaban J connectivity index is 2.00. The first kappa shape index (κ1) is 17.0. The van der Waals surface area contributed by atoms with Gasteiger partial charge in [-0.15, -0.1) is 0 Å². The largest absolute Gasteiger partial charge is 0.504 e. The van der Waals surface area contributed by atoms with E-state index in [1.54, 1.807) is 18.2 Å². The molecule has 2 unspecified atom stereocenters. The fourth-order valence-electron chi connectivity index (χ4n) is 2.70. The predicted octanol–water partition coefficient (Wildman–Crippen LogP) is 3.87. The van der Waals surface area contributed by atoms with Gasteiger partial charge in [-0.2, -0.15) is 0 Å². The zero-order valence-corrected chi connectivity index (χ0v) is 13.8. The molecule has 0 radical (unpaired) electrons. The fourth-order valence-corrected chi connectivity index (χ4v) is 2.70. The third kappa shape index (κ3) is 4.31. The van der Waals surface area contributed by atoms with Gasteiger partial charge in [0, 0.05) is 0 Å². The highest BCUT2D eigenvalue weighted by molar-refractivity contribution is 5.42. The molecule has 0 aliphatic heterocycles. The van der Waals surface area contributed by atoms with Crippen molar-refractivity contribution in [2.75, 3.05) is 7.11 Å². The maximum Gasteiger partial charge on any atom is 0.160 e. The van der Waals surface area contributed by atoms with Gasteiger partial charge in [-0.1, -0.05) is 26.0 Å². The Morgan fingerprint density at radius 3 is 1.78 bits per heavy atom. The lowest BCUT2D eigenvalue weighted by atomic mass is 9.85. The van der Waals surface area contributed by atoms with E-state index >= 15 is 0 Å². The van der Waals surface area contributed by atoms with Crippen molar-refractivity contribution in [1.82, 2.24) is 0 Å². The fraction of sp³-hybridized carbons (Fsp3) is 0.368. The molecule has 4 nitrogen and oxygen atoms in total. The van der Waals surface area contributed by atoms with Gasteiger partial charge in [0.1, 0.15) is 0 Å². The molecule has 0 saturated heterocycles. The second-order valence-electron chi connectivity index (χ2n) is 6.19. The number of benzene rings is 2. The van der Waals surface area contributed by atoms with Crippen LogP contribution in [0.3, 0.4) is 0 Å². The minimum atomic E-state index is -0.0943. The Morgan fingerprint density at radius 2 is 1.30 bits per heavy atom. The van der Waals surface area contributed by atoms with Crippen LogP contribution in [-0.4, -0.2) is 22.4 Å². The van der Waals surface area contributed by atoms with Crippen molar-refractivity contribution in [3.05, 3.63) is 47.5 Å². The molecule has 4 heteroatoms. The SMILES string of the molecule is COc1ccc(CC(C)C(C)Cc2ccc(O)c(O)c2)cc1O. The molecule has 0 aliphatic rings. The summed E-state index contributed by atoms with van der Waals surface area (Å²) in [6, 6.07) is 10.4. The minimum Gasteiger partial charge on any atom is -0.504 e. The lowest BCUT2D eigenvalue weighted by Crippen LogP contribution is -2.13. The summed E-state index contributed by atoms with van der Waals surface area (Å²) in [4.78, 5) is 0. The number of phenols is 3. The molecule has 0 spiro atoms. The molecule has 3 N–H and O–H groups in total. The number of hydrogen-bond donors (Lipinski definition) is 3. The van der Waals surface area contributed by atoms with Crippen LogP contribution in [0.5, 0.6) is 23.0 Å². The van der Waals surface area contributed by atoms with Gasteiger partial charge in [0.2, 0.25) is 0 Å². The van der Waals surface area contributed by atoms with E-state index in [9.17, 15) is 15.3 Å². The zero-order valence-electron chi connectivity index (χ0n) is 13.8. The quantitative estimate of drug-likeness (QED) is 0.708. The average Bonchev–Trinajstić information content (AvgIpc) is 2.51. The summed E-state index contributed by atoms with van der Waals surface area (Å²) < 4.78 is 5.06. The highest BCUT2D eigenvalue weighted by Crippen LogP contribution is 2.30. The van der Waals surface area contributed by atoms with Crippen LogP contribution in [0.4, 0.5) is 0 Å². The lowest BCUT2D eigenvalue weighted by molar-refractivity contribution is 0.368. The van der Waals surface area contributed by atoms with E-state index < -0.39 is 0 Å². The Hall–Kier alpha value is -2.36. The van der Waals surface area contributed by atoms with Crippen LogP contribution in [0.25, 0.3) is 0 Å². The van der Waals surface area contributed by atoms with E-state index in [1.165, 1.54) is 13.2 Å². The number of phenolic OH excluding ortho intramolecular Hbond substituents is 3. The van der Waals surface area contributed by atoms with Crippen molar-refractivity contribution in [2.45, 2.75) is 26.7 Å². The van der Waals surface area contributed by atoms with Gasteiger partial charge in [0.05, 0.1) is 7.11 Å². The van der Waals surface area contributed by atoms with Crippen molar-refractivity contribution in [1.29, 1.82) is 0 Å². The maximum absolute atomic E-state index is 9.86. The van der Waals surface area contributed by atoms with Crippen molar-refractivity contribution in [3.63, 3.8) is 0 Å². The molecule has 2 rings (SSSR count). The molecule has 0 aliphatic carbocycles. The van der Waals surface area contributed by atoms with Crippen LogP contribution in [0.1, 0.15) is 25.0 Å². The highest BCUT2D eigenvalue weighted by Gasteiger charge is 2.15. The first-order chi connectivity index (χ1) is 10.9. The van der Waals surface area contributed by atoms with Crippen molar-refractivity contribution in [3.8, 4) is 23.0 Å². The second-order valence-corrected chi connectivity index (χ2v) is 6.19. The molecule has 23 heavy (non-hydrogen) atoms. The van der Waals surface area contributed by atoms with Gasteiger partial charge in [-0.25, -0.2) is 0 Å². The topological polar surface area (TPSA) is 69.9 Å². The summed E-state index contributed by atoms with van der Waals surface area (Å²) >= 11 is 0. The maximum atomic E-state index is 9.86. The monoisotopic (exact) mass is 316 g/mol. The molecule has 0 amide bonds. The molecule has 0 saturated carbocycles. The Kier molecular flexibility index (Phi) is 5.37. The molecular weight excluding hydrogens is 292 g/mol. The standard InChI is InChI=1S/C19H24O4/c1-12(8-14-4-6-16(20)17(21)10-14)13(2)9-15-5-7-19(23-3)18(22)11-15/h4-7,10-13,20-22H,8-9H2,1-3H3. The van der Waals surface area contributed by atoms with Crippen molar-refractivity contribution >= 4 is 0 Å². The van der Waals surface area contributed by atoms with Gasteiger partial charge >= 0.3 is 0 Å². The summed E-state index contributed by atoms with van der Waals surface area (Å²) in [5.41, 5.74) is 2.06. The van der Waals surface area contributed by atoms with Crippen molar-refractivity contribution in [2.24, 2.45) is 11.8 Å². The van der Waals surface area contributed by atoms with Gasteiger partial charge in [-0.05, 0) is 60.1 Å². The average molecular weight is 316 g/mol. The van der Waals surface area contributed by atoms with Gasteiger partial charge < -0.3 is 20.1 Å². The van der Waals surface area contributed by atoms with Crippen LogP contribution < -0.4 is 4.74 Å². The van der Waals surface area contributed by atoms with Gasteiger partial charge in [0.15, 0.2) is 23.0 Å². The Labute approximate surface area is 137 Å². The highest BCUT2D eigenvalue weighted by atomic mass is 16.5. The van der Waals surface area contributed by atoms with Crippen LogP contribution in [0.15, 0.2) is 36.4 Å². The third-order valence-electron chi connectivity index (χ3n) is 4.37. The summed E-state index contributed by atoms with van der Waals surface area (Å²) in [5.74, 6) is 1.26. The first-order valence-electron chi connectivity index (χ1n) is 7.77. The summed E-state index contributed by atoms with van der Waals surface area (Å²) in [6.45, 7) is 4.34. The molecule has 0 heterocycles. The second kappa shape index (κ2) is 7.27. The van der Waals surface area contributed by atoms with E-state index in [4.69, 9.17) is 4.74 Å². The zero-order chi connectivity index (χ0) is 17.0. The molecule has 0 fully saturated rings. The number of methoxy groups -OCH3 is 1. The predicted molar refractivity (Wildman–Crippen MR) is 90.2 cm³/mol.